The van der Waals surface area contributed by atoms with Gasteiger partial charge < -0.3 is 10.6 Å². The molecule has 0 saturated heterocycles. The first kappa shape index (κ1) is 12.4. The quantitative estimate of drug-likeness (QED) is 0.819. The lowest BCUT2D eigenvalue weighted by Gasteiger charge is -2.09. The van der Waals surface area contributed by atoms with E-state index in [-0.39, 0.29) is 0 Å². The minimum Gasteiger partial charge on any atom is -0.379 e. The molecule has 0 spiro atoms. The van der Waals surface area contributed by atoms with E-state index in [0.29, 0.717) is 0 Å². The van der Waals surface area contributed by atoms with Gasteiger partial charge in [0, 0.05) is 37.7 Å². The zero-order valence-corrected chi connectivity index (χ0v) is 10.8. The van der Waals surface area contributed by atoms with Crippen molar-refractivity contribution in [1.82, 2.24) is 14.8 Å². The Morgan fingerprint density at radius 1 is 1.22 bits per heavy atom. The molecule has 0 saturated carbocycles. The molecule has 0 aliphatic carbocycles. The van der Waals surface area contributed by atoms with Crippen LogP contribution in [0, 0.1) is 0 Å². The van der Waals surface area contributed by atoms with Gasteiger partial charge in [-0.2, -0.15) is 5.10 Å². The third-order valence-corrected chi connectivity index (χ3v) is 2.71. The first-order valence-corrected chi connectivity index (χ1v) is 6.20. The highest BCUT2D eigenvalue weighted by atomic mass is 15.3. The first-order chi connectivity index (χ1) is 8.79. The van der Waals surface area contributed by atoms with Crippen molar-refractivity contribution in [2.24, 2.45) is 7.05 Å². The highest BCUT2D eigenvalue weighted by Crippen LogP contribution is 2.13. The van der Waals surface area contributed by atoms with E-state index in [0.717, 1.165) is 36.7 Å². The van der Waals surface area contributed by atoms with Crippen molar-refractivity contribution in [3.8, 4) is 0 Å². The Balaban J connectivity index is 1.95. The maximum Gasteiger partial charge on any atom is 0.127 e. The van der Waals surface area contributed by atoms with Gasteiger partial charge in [0.15, 0.2) is 0 Å². The summed E-state index contributed by atoms with van der Waals surface area (Å²) >= 11 is 0. The molecule has 2 aromatic rings. The third-order valence-electron chi connectivity index (χ3n) is 2.71. The van der Waals surface area contributed by atoms with Crippen molar-refractivity contribution in [1.29, 1.82) is 0 Å². The highest BCUT2D eigenvalue weighted by molar-refractivity contribution is 5.51. The monoisotopic (exact) mass is 245 g/mol. The molecule has 0 amide bonds. The zero-order chi connectivity index (χ0) is 12.8. The lowest BCUT2D eigenvalue weighted by molar-refractivity contribution is 0.720. The smallest absolute Gasteiger partial charge is 0.127 e. The normalized spacial score (nSPS) is 10.3. The lowest BCUT2D eigenvalue weighted by Crippen LogP contribution is -2.06. The van der Waals surface area contributed by atoms with Gasteiger partial charge in [-0.1, -0.05) is 6.92 Å². The van der Waals surface area contributed by atoms with Crippen LogP contribution in [0.2, 0.25) is 0 Å². The molecular formula is C13H19N5. The summed E-state index contributed by atoms with van der Waals surface area (Å²) in [4.78, 5) is 4.27. The van der Waals surface area contributed by atoms with Crippen LogP contribution in [0.15, 0.2) is 30.6 Å². The molecule has 0 unspecified atom stereocenters. The molecule has 5 nitrogen and oxygen atoms in total. The van der Waals surface area contributed by atoms with Gasteiger partial charge in [0.25, 0.3) is 0 Å². The molecule has 0 aliphatic heterocycles. The van der Waals surface area contributed by atoms with Crippen molar-refractivity contribution in [2.75, 3.05) is 17.2 Å². The summed E-state index contributed by atoms with van der Waals surface area (Å²) in [6, 6.07) is 5.99. The molecule has 0 aromatic carbocycles. The second kappa shape index (κ2) is 6.05. The second-order valence-electron chi connectivity index (χ2n) is 4.16. The molecule has 0 fully saturated rings. The molecule has 2 N–H and O–H groups in total. The predicted octanol–water partition coefficient (Wildman–Crippen LogP) is 2.25. The van der Waals surface area contributed by atoms with E-state index in [1.807, 2.05) is 36.1 Å². The van der Waals surface area contributed by atoms with Gasteiger partial charge in [-0.3, -0.25) is 4.68 Å². The van der Waals surface area contributed by atoms with Crippen LogP contribution in [-0.4, -0.2) is 21.3 Å². The summed E-state index contributed by atoms with van der Waals surface area (Å²) in [7, 11) is 1.94. The Kier molecular flexibility index (Phi) is 4.17. The zero-order valence-electron chi connectivity index (χ0n) is 10.8. The average molecular weight is 245 g/mol. The van der Waals surface area contributed by atoms with Crippen molar-refractivity contribution >= 4 is 11.5 Å². The van der Waals surface area contributed by atoms with Crippen molar-refractivity contribution in [2.45, 2.75) is 19.9 Å². The minimum absolute atomic E-state index is 0.758. The number of rotatable bonds is 6. The molecule has 96 valence electrons. The van der Waals surface area contributed by atoms with Crippen LogP contribution in [0.5, 0.6) is 0 Å². The average Bonchev–Trinajstić information content (AvgIpc) is 2.80. The number of pyridine rings is 1. The van der Waals surface area contributed by atoms with Crippen LogP contribution in [0.3, 0.4) is 0 Å². The SMILES string of the molecule is CCCNc1cc(NCc2ccnn2C)ccn1. The summed E-state index contributed by atoms with van der Waals surface area (Å²) in [6.45, 7) is 3.84. The molecule has 0 bridgehead atoms. The molecule has 0 radical (unpaired) electrons. The van der Waals surface area contributed by atoms with E-state index < -0.39 is 0 Å². The van der Waals surface area contributed by atoms with Crippen LogP contribution in [-0.2, 0) is 13.6 Å². The Morgan fingerprint density at radius 3 is 2.83 bits per heavy atom. The van der Waals surface area contributed by atoms with E-state index in [1.165, 1.54) is 0 Å². The number of hydrogen-bond acceptors (Lipinski definition) is 4. The number of aryl methyl sites for hydroxylation is 1. The molecule has 2 aromatic heterocycles. The number of nitrogens with zero attached hydrogens (tertiary/aromatic N) is 3. The van der Waals surface area contributed by atoms with Gasteiger partial charge in [-0.25, -0.2) is 4.98 Å². The van der Waals surface area contributed by atoms with Gasteiger partial charge in [0.1, 0.15) is 5.82 Å². The van der Waals surface area contributed by atoms with Crippen LogP contribution >= 0.6 is 0 Å². The van der Waals surface area contributed by atoms with Crippen LogP contribution in [0.25, 0.3) is 0 Å². The molecule has 2 heterocycles. The van der Waals surface area contributed by atoms with Crippen LogP contribution in [0.4, 0.5) is 11.5 Å². The second-order valence-corrected chi connectivity index (χ2v) is 4.16. The van der Waals surface area contributed by atoms with Crippen molar-refractivity contribution < 1.29 is 0 Å². The van der Waals surface area contributed by atoms with Gasteiger partial charge in [-0.05, 0) is 18.6 Å². The maximum absolute atomic E-state index is 4.27. The van der Waals surface area contributed by atoms with Crippen molar-refractivity contribution in [3.63, 3.8) is 0 Å². The lowest BCUT2D eigenvalue weighted by atomic mass is 10.3. The van der Waals surface area contributed by atoms with E-state index in [4.69, 9.17) is 0 Å². The topological polar surface area (TPSA) is 54.8 Å². The molecule has 0 aliphatic rings. The number of nitrogens with one attached hydrogen (secondary N) is 2. The van der Waals surface area contributed by atoms with E-state index in [9.17, 15) is 0 Å². The number of hydrogen-bond donors (Lipinski definition) is 2. The highest BCUT2D eigenvalue weighted by Gasteiger charge is 1.99. The van der Waals surface area contributed by atoms with Gasteiger partial charge in [0.2, 0.25) is 0 Å². The summed E-state index contributed by atoms with van der Waals surface area (Å²) in [5.41, 5.74) is 2.21. The first-order valence-electron chi connectivity index (χ1n) is 6.20. The van der Waals surface area contributed by atoms with Gasteiger partial charge in [-0.15, -0.1) is 0 Å². The van der Waals surface area contributed by atoms with Gasteiger partial charge >= 0.3 is 0 Å². The minimum atomic E-state index is 0.758. The summed E-state index contributed by atoms with van der Waals surface area (Å²) < 4.78 is 1.87. The van der Waals surface area contributed by atoms with E-state index in [1.54, 1.807) is 6.20 Å². The summed E-state index contributed by atoms with van der Waals surface area (Å²) in [5, 5.41) is 10.8. The molecule has 0 atom stereocenters. The van der Waals surface area contributed by atoms with Crippen molar-refractivity contribution in [3.05, 3.63) is 36.3 Å². The van der Waals surface area contributed by atoms with Crippen LogP contribution < -0.4 is 10.6 Å². The van der Waals surface area contributed by atoms with Crippen LogP contribution in [0.1, 0.15) is 19.0 Å². The number of anilines is 2. The van der Waals surface area contributed by atoms with Gasteiger partial charge in [0.05, 0.1) is 12.2 Å². The fourth-order valence-corrected chi connectivity index (χ4v) is 1.66. The number of aromatic nitrogens is 3. The predicted molar refractivity (Wildman–Crippen MR) is 73.6 cm³/mol. The Bertz CT molecular complexity index is 492. The Morgan fingerprint density at radius 2 is 2.11 bits per heavy atom. The molecule has 18 heavy (non-hydrogen) atoms. The summed E-state index contributed by atoms with van der Waals surface area (Å²) in [6.07, 6.45) is 4.70. The maximum atomic E-state index is 4.27. The Hall–Kier alpha value is -2.04. The Labute approximate surface area is 107 Å². The standard InChI is InChI=1S/C13H19N5/c1-3-6-14-13-9-11(4-7-15-13)16-10-12-5-8-17-18(12)2/h4-5,7-9H,3,6,10H2,1-2H3,(H2,14,15,16). The fourth-order valence-electron chi connectivity index (χ4n) is 1.66. The van der Waals surface area contributed by atoms with E-state index >= 15 is 0 Å². The molecule has 5 heteroatoms. The molecule has 2 rings (SSSR count). The van der Waals surface area contributed by atoms with E-state index in [2.05, 4.69) is 27.6 Å². The summed E-state index contributed by atoms with van der Waals surface area (Å²) in [5.74, 6) is 0.909. The third kappa shape index (κ3) is 3.23. The fraction of sp³-hybridized carbons (Fsp3) is 0.385. The largest absolute Gasteiger partial charge is 0.379 e. The molecular weight excluding hydrogens is 226 g/mol.